The van der Waals surface area contributed by atoms with Gasteiger partial charge in [-0.2, -0.15) is 0 Å². The predicted octanol–water partition coefficient (Wildman–Crippen LogP) is 0.929. The highest BCUT2D eigenvalue weighted by atomic mass is 35.5. The summed E-state index contributed by atoms with van der Waals surface area (Å²) in [6.07, 6.45) is -0.680. The maximum Gasteiger partial charge on any atom is 0.326 e. The number of carboxylic acid groups (broad SMARTS) is 1. The molecule has 1 saturated heterocycles. The van der Waals surface area contributed by atoms with Crippen molar-refractivity contribution < 1.29 is 19.8 Å². The Hall–Kier alpha value is -1.59. The van der Waals surface area contributed by atoms with Crippen molar-refractivity contribution >= 4 is 23.5 Å². The Morgan fingerprint density at radius 1 is 1.47 bits per heavy atom. The molecule has 0 radical (unpaired) electrons. The van der Waals surface area contributed by atoms with Gasteiger partial charge in [-0.15, -0.1) is 0 Å². The minimum Gasteiger partial charge on any atom is -0.480 e. The Bertz CT molecular complexity index is 505. The SMILES string of the molecule is O=C(O)[C@H](Cc1ccccc1Cl)N1CC(O)CC1=O. The molecular weight excluding hydrogens is 270 g/mol. The minimum atomic E-state index is -1.10. The van der Waals surface area contributed by atoms with Crippen molar-refractivity contribution in [2.24, 2.45) is 0 Å². The molecule has 2 atom stereocenters. The molecule has 5 nitrogen and oxygen atoms in total. The lowest BCUT2D eigenvalue weighted by atomic mass is 10.0. The van der Waals surface area contributed by atoms with Crippen molar-refractivity contribution in [2.45, 2.75) is 25.0 Å². The van der Waals surface area contributed by atoms with Gasteiger partial charge in [0.25, 0.3) is 0 Å². The fourth-order valence-electron chi connectivity index (χ4n) is 2.22. The van der Waals surface area contributed by atoms with E-state index < -0.39 is 18.1 Å². The number of benzene rings is 1. The van der Waals surface area contributed by atoms with Gasteiger partial charge in [-0.25, -0.2) is 4.79 Å². The molecule has 1 aliphatic heterocycles. The first kappa shape index (κ1) is 13.8. The van der Waals surface area contributed by atoms with E-state index in [1.165, 1.54) is 4.90 Å². The molecule has 1 amide bonds. The molecule has 0 aliphatic carbocycles. The van der Waals surface area contributed by atoms with Gasteiger partial charge >= 0.3 is 5.97 Å². The largest absolute Gasteiger partial charge is 0.480 e. The summed E-state index contributed by atoms with van der Waals surface area (Å²) in [5, 5.41) is 19.2. The number of rotatable bonds is 4. The van der Waals surface area contributed by atoms with Gasteiger partial charge in [0.1, 0.15) is 6.04 Å². The van der Waals surface area contributed by atoms with Crippen molar-refractivity contribution in [3.05, 3.63) is 34.9 Å². The summed E-state index contributed by atoms with van der Waals surface area (Å²) in [5.74, 6) is -1.44. The minimum absolute atomic E-state index is 0.0215. The van der Waals surface area contributed by atoms with E-state index in [1.807, 2.05) is 0 Å². The second-order valence-corrected chi connectivity index (χ2v) is 4.96. The number of halogens is 1. The van der Waals surface area contributed by atoms with Crippen LogP contribution in [0.4, 0.5) is 0 Å². The normalized spacial score (nSPS) is 20.6. The first-order valence-corrected chi connectivity index (χ1v) is 6.30. The molecule has 102 valence electrons. The summed E-state index contributed by atoms with van der Waals surface area (Å²) in [6, 6.07) is 5.93. The Morgan fingerprint density at radius 3 is 2.68 bits per heavy atom. The molecule has 1 aliphatic rings. The predicted molar refractivity (Wildman–Crippen MR) is 68.9 cm³/mol. The van der Waals surface area contributed by atoms with Crippen molar-refractivity contribution in [3.8, 4) is 0 Å². The molecule has 1 heterocycles. The number of amides is 1. The summed E-state index contributed by atoms with van der Waals surface area (Å²) in [7, 11) is 0. The third kappa shape index (κ3) is 3.05. The highest BCUT2D eigenvalue weighted by Gasteiger charge is 2.37. The molecule has 2 rings (SSSR count). The van der Waals surface area contributed by atoms with Gasteiger partial charge in [0.15, 0.2) is 0 Å². The zero-order valence-electron chi connectivity index (χ0n) is 10.1. The van der Waals surface area contributed by atoms with Crippen molar-refractivity contribution in [2.75, 3.05) is 6.54 Å². The molecule has 2 N–H and O–H groups in total. The van der Waals surface area contributed by atoms with Crippen molar-refractivity contribution in [1.29, 1.82) is 0 Å². The highest BCUT2D eigenvalue weighted by Crippen LogP contribution is 2.22. The van der Waals surface area contributed by atoms with Crippen LogP contribution in [-0.2, 0) is 16.0 Å². The summed E-state index contributed by atoms with van der Waals surface area (Å²) in [5.41, 5.74) is 0.672. The highest BCUT2D eigenvalue weighted by molar-refractivity contribution is 6.31. The Kier molecular flexibility index (Phi) is 4.07. The van der Waals surface area contributed by atoms with E-state index in [-0.39, 0.29) is 25.3 Å². The van der Waals surface area contributed by atoms with Crippen LogP contribution in [0.2, 0.25) is 5.02 Å². The van der Waals surface area contributed by atoms with E-state index in [0.29, 0.717) is 10.6 Å². The van der Waals surface area contributed by atoms with Gasteiger partial charge in [-0.3, -0.25) is 4.79 Å². The summed E-state index contributed by atoms with van der Waals surface area (Å²) < 4.78 is 0. The third-order valence-corrected chi connectivity index (χ3v) is 3.54. The van der Waals surface area contributed by atoms with Crippen LogP contribution in [0.25, 0.3) is 0 Å². The molecule has 1 aromatic carbocycles. The smallest absolute Gasteiger partial charge is 0.326 e. The molecule has 1 aromatic rings. The average molecular weight is 284 g/mol. The van der Waals surface area contributed by atoms with Gasteiger partial charge in [0, 0.05) is 18.0 Å². The number of hydrogen-bond donors (Lipinski definition) is 2. The van der Waals surface area contributed by atoms with Crippen LogP contribution in [0.3, 0.4) is 0 Å². The van der Waals surface area contributed by atoms with Crippen LogP contribution in [0.15, 0.2) is 24.3 Å². The number of carbonyl (C=O) groups excluding carboxylic acids is 1. The standard InChI is InChI=1S/C13H14ClNO4/c14-10-4-2-1-3-8(10)5-11(13(18)19)15-7-9(16)6-12(15)17/h1-4,9,11,16H,5-7H2,(H,18,19)/t9?,11-/m0/s1. The number of carbonyl (C=O) groups is 2. The van der Waals surface area contributed by atoms with Crippen LogP contribution >= 0.6 is 11.6 Å². The van der Waals surface area contributed by atoms with Gasteiger partial charge in [-0.1, -0.05) is 29.8 Å². The maximum atomic E-state index is 11.7. The van der Waals surface area contributed by atoms with E-state index >= 15 is 0 Å². The Labute approximate surface area is 115 Å². The number of aliphatic carboxylic acids is 1. The maximum absolute atomic E-state index is 11.7. The van der Waals surface area contributed by atoms with Crippen LogP contribution in [0.5, 0.6) is 0 Å². The fraction of sp³-hybridized carbons (Fsp3) is 0.385. The molecule has 6 heteroatoms. The number of likely N-dealkylation sites (tertiary alicyclic amines) is 1. The van der Waals surface area contributed by atoms with Crippen LogP contribution in [0.1, 0.15) is 12.0 Å². The fourth-order valence-corrected chi connectivity index (χ4v) is 2.43. The number of aliphatic hydroxyl groups excluding tert-OH is 1. The summed E-state index contributed by atoms with van der Waals surface area (Å²) >= 11 is 6.00. The zero-order valence-corrected chi connectivity index (χ0v) is 10.9. The molecule has 0 spiro atoms. The van der Waals surface area contributed by atoms with Crippen LogP contribution in [0, 0.1) is 0 Å². The second kappa shape index (κ2) is 5.59. The molecule has 1 fully saturated rings. The van der Waals surface area contributed by atoms with E-state index in [9.17, 15) is 19.8 Å². The van der Waals surface area contributed by atoms with Gasteiger partial charge in [-0.05, 0) is 11.6 Å². The van der Waals surface area contributed by atoms with Crippen LogP contribution < -0.4 is 0 Å². The monoisotopic (exact) mass is 283 g/mol. The van der Waals surface area contributed by atoms with Gasteiger partial charge in [0.2, 0.25) is 5.91 Å². The number of hydrogen-bond acceptors (Lipinski definition) is 3. The first-order chi connectivity index (χ1) is 8.99. The molecule has 1 unspecified atom stereocenters. The number of aliphatic hydroxyl groups is 1. The van der Waals surface area contributed by atoms with E-state index in [2.05, 4.69) is 0 Å². The quantitative estimate of drug-likeness (QED) is 0.862. The van der Waals surface area contributed by atoms with Crippen LogP contribution in [-0.4, -0.2) is 45.7 Å². The Balaban J connectivity index is 2.20. The molecular formula is C13H14ClNO4. The second-order valence-electron chi connectivity index (χ2n) is 4.55. The van der Waals surface area contributed by atoms with Gasteiger partial charge < -0.3 is 15.1 Å². The number of β-amino-alcohol motifs (C(OH)–C–C–N with tert-alkyl or cyclic N) is 1. The topological polar surface area (TPSA) is 77.8 Å². The lowest BCUT2D eigenvalue weighted by molar-refractivity contribution is -0.148. The number of nitrogens with zero attached hydrogens (tertiary/aromatic N) is 1. The lowest BCUT2D eigenvalue weighted by Crippen LogP contribution is -2.44. The molecule has 0 bridgehead atoms. The molecule has 19 heavy (non-hydrogen) atoms. The van der Waals surface area contributed by atoms with E-state index in [0.717, 1.165) is 0 Å². The molecule has 0 saturated carbocycles. The summed E-state index contributed by atoms with van der Waals surface area (Å²) in [6.45, 7) is 0.0558. The molecule has 0 aromatic heterocycles. The zero-order chi connectivity index (χ0) is 14.0. The lowest BCUT2D eigenvalue weighted by Gasteiger charge is -2.24. The third-order valence-electron chi connectivity index (χ3n) is 3.17. The first-order valence-electron chi connectivity index (χ1n) is 5.92. The van der Waals surface area contributed by atoms with E-state index in [4.69, 9.17) is 11.6 Å². The van der Waals surface area contributed by atoms with Crippen molar-refractivity contribution in [3.63, 3.8) is 0 Å². The Morgan fingerprint density at radius 2 is 2.16 bits per heavy atom. The van der Waals surface area contributed by atoms with E-state index in [1.54, 1.807) is 24.3 Å². The van der Waals surface area contributed by atoms with Gasteiger partial charge in [0.05, 0.1) is 12.5 Å². The summed E-state index contributed by atoms with van der Waals surface area (Å²) in [4.78, 5) is 24.2. The average Bonchev–Trinajstić information content (AvgIpc) is 2.67. The number of carboxylic acids is 1. The van der Waals surface area contributed by atoms with Crippen molar-refractivity contribution in [1.82, 2.24) is 4.90 Å².